The van der Waals surface area contributed by atoms with Crippen LogP contribution in [0.25, 0.3) is 0 Å². The molecule has 232 valence electrons. The molecule has 42 heavy (non-hydrogen) atoms. The number of aromatic nitrogens is 1. The fraction of sp³-hybridized carbons (Fsp3) is 0.690. The van der Waals surface area contributed by atoms with Crippen molar-refractivity contribution in [3.05, 3.63) is 23.5 Å². The number of aromatic amines is 1. The number of hydrogen-bond donors (Lipinski definition) is 5. The van der Waals surface area contributed by atoms with Crippen molar-refractivity contribution in [2.45, 2.75) is 103 Å². The maximum Gasteiger partial charge on any atom is 0.306 e. The Morgan fingerprint density at radius 1 is 1.36 bits per heavy atom. The predicted octanol–water partition coefficient (Wildman–Crippen LogP) is 1.61. The largest absolute Gasteiger partial charge is 0.463 e. The molecule has 2 fully saturated rings. The number of amidine groups is 1. The third-order valence-electron chi connectivity index (χ3n) is 8.06. The number of aliphatic imine (C=N–C) groups is 2. The molecule has 0 bridgehead atoms. The number of aliphatic hydroxyl groups excluding tert-OH is 2. The van der Waals surface area contributed by atoms with Gasteiger partial charge in [0.25, 0.3) is 5.91 Å². The van der Waals surface area contributed by atoms with Gasteiger partial charge in [-0.15, -0.1) is 0 Å². The van der Waals surface area contributed by atoms with Gasteiger partial charge in [0, 0.05) is 12.3 Å². The topological polar surface area (TPSA) is 219 Å². The number of amides is 1. The average Bonchev–Trinajstić information content (AvgIpc) is 3.52. The quantitative estimate of drug-likeness (QED) is 0.109. The van der Waals surface area contributed by atoms with Crippen LogP contribution in [0.15, 0.2) is 22.1 Å². The van der Waals surface area contributed by atoms with E-state index >= 15 is 0 Å². The molecule has 1 aliphatic carbocycles. The molecular weight excluding hydrogens is 544 g/mol. The van der Waals surface area contributed by atoms with Crippen LogP contribution in [0.1, 0.15) is 78.1 Å². The van der Waals surface area contributed by atoms with Crippen LogP contribution in [0.5, 0.6) is 0 Å². The highest BCUT2D eigenvalue weighted by Crippen LogP contribution is 2.41. The molecule has 3 rings (SSSR count). The van der Waals surface area contributed by atoms with Crippen LogP contribution in [-0.2, 0) is 29.4 Å². The Labute approximate surface area is 246 Å². The summed E-state index contributed by atoms with van der Waals surface area (Å²) in [5.74, 6) is -0.907. The predicted molar refractivity (Wildman–Crippen MR) is 154 cm³/mol. The maximum absolute atomic E-state index is 12.5. The van der Waals surface area contributed by atoms with Gasteiger partial charge in [0.15, 0.2) is 12.1 Å². The molecule has 13 nitrogen and oxygen atoms in total. The monoisotopic (exact) mass is 588 g/mol. The number of esters is 1. The molecule has 2 aliphatic rings. The Bertz CT molecular complexity index is 1200. The van der Waals surface area contributed by atoms with Crippen LogP contribution in [0.4, 0.5) is 0 Å². The van der Waals surface area contributed by atoms with Crippen molar-refractivity contribution in [1.29, 1.82) is 5.26 Å². The molecule has 2 heterocycles. The minimum absolute atomic E-state index is 0.0181. The van der Waals surface area contributed by atoms with Gasteiger partial charge < -0.3 is 40.9 Å². The molecular formula is C29H44N6O7. The smallest absolute Gasteiger partial charge is 0.306 e. The highest BCUT2D eigenvalue weighted by atomic mass is 16.7. The maximum atomic E-state index is 12.5. The summed E-state index contributed by atoms with van der Waals surface area (Å²) in [5.41, 5.74) is 9.45. The van der Waals surface area contributed by atoms with Crippen LogP contribution >= 0.6 is 0 Å². The zero-order valence-corrected chi connectivity index (χ0v) is 24.9. The number of nitrogens with two attached hydrogens (primary N) is 2. The summed E-state index contributed by atoms with van der Waals surface area (Å²) in [6, 6.07) is 4.17. The fourth-order valence-corrected chi connectivity index (χ4v) is 4.68. The van der Waals surface area contributed by atoms with E-state index in [-0.39, 0.29) is 42.1 Å². The molecule has 1 aromatic heterocycles. The van der Waals surface area contributed by atoms with Gasteiger partial charge in [0.2, 0.25) is 5.60 Å². The van der Waals surface area contributed by atoms with E-state index < -0.39 is 53.5 Å². The van der Waals surface area contributed by atoms with Crippen molar-refractivity contribution in [3.8, 4) is 6.07 Å². The third-order valence-corrected chi connectivity index (χ3v) is 8.06. The summed E-state index contributed by atoms with van der Waals surface area (Å²) in [7, 11) is 0. The number of nitriles is 1. The van der Waals surface area contributed by atoms with Gasteiger partial charge in [-0.05, 0) is 42.7 Å². The summed E-state index contributed by atoms with van der Waals surface area (Å²) >= 11 is 0. The summed E-state index contributed by atoms with van der Waals surface area (Å²) in [6.07, 6.45) is -0.756. The first kappa shape index (κ1) is 33.4. The van der Waals surface area contributed by atoms with E-state index in [0.29, 0.717) is 6.42 Å². The van der Waals surface area contributed by atoms with E-state index in [1.54, 1.807) is 6.92 Å². The number of ether oxygens (including phenoxy) is 3. The number of nitrogens with one attached hydrogen (secondary N) is 1. The van der Waals surface area contributed by atoms with Gasteiger partial charge in [-0.25, -0.2) is 4.99 Å². The summed E-state index contributed by atoms with van der Waals surface area (Å²) in [6.45, 7) is 8.73. The molecule has 1 saturated carbocycles. The summed E-state index contributed by atoms with van der Waals surface area (Å²) in [4.78, 5) is 36.0. The Kier molecular flexibility index (Phi) is 11.0. The van der Waals surface area contributed by atoms with Crippen molar-refractivity contribution >= 4 is 24.1 Å². The Balaban J connectivity index is 1.92. The average molecular weight is 589 g/mol. The van der Waals surface area contributed by atoms with Gasteiger partial charge in [-0.2, -0.15) is 10.3 Å². The van der Waals surface area contributed by atoms with Crippen LogP contribution in [-0.4, -0.2) is 76.5 Å². The second-order valence-electron chi connectivity index (χ2n) is 12.2. The lowest BCUT2D eigenvalue weighted by Gasteiger charge is -2.34. The highest BCUT2D eigenvalue weighted by Gasteiger charge is 2.59. The minimum Gasteiger partial charge on any atom is -0.463 e. The molecule has 0 aromatic carbocycles. The van der Waals surface area contributed by atoms with Gasteiger partial charge >= 0.3 is 5.97 Å². The zero-order valence-electron chi connectivity index (χ0n) is 24.9. The van der Waals surface area contributed by atoms with Gasteiger partial charge in [0.05, 0.1) is 23.8 Å². The number of carbonyl (C=O) groups excluding carboxylic acids is 2. The number of nitrogens with zero attached hydrogens (tertiary/aromatic N) is 3. The standard InChI is InChI=1S/C29H44N6O7/c1-6-16(2)26(38)35-25(33-15-31)18-10-11-20(34-18)29(14-30)24(37)22(41-27(39)23(32)28(3,4)5)19(42-29)13-40-21(36)12-17-8-7-9-17/h10-11,15-17,19,22-24,27,34,37,39H,6-9,12-13,32H2,1-5H3,(H2,31,33,35,38)/t16-,19-,22-,23+,24-,27?,29+/m1/s1. The Hall–Kier alpha value is -3.15. The number of carbonyl (C=O) groups is 2. The number of rotatable bonds is 11. The fourth-order valence-electron chi connectivity index (χ4n) is 4.68. The summed E-state index contributed by atoms with van der Waals surface area (Å²) in [5, 5.41) is 32.6. The molecule has 1 aromatic rings. The van der Waals surface area contributed by atoms with Crippen molar-refractivity contribution in [1.82, 2.24) is 4.98 Å². The number of hydrogen-bond acceptors (Lipinski definition) is 9. The molecule has 0 spiro atoms. The van der Waals surface area contributed by atoms with Crippen molar-refractivity contribution in [3.63, 3.8) is 0 Å². The highest BCUT2D eigenvalue weighted by molar-refractivity contribution is 6.07. The van der Waals surface area contributed by atoms with E-state index in [4.69, 9.17) is 25.7 Å². The van der Waals surface area contributed by atoms with E-state index in [1.165, 1.54) is 12.1 Å². The molecule has 7 N–H and O–H groups in total. The van der Waals surface area contributed by atoms with Crippen molar-refractivity contribution in [2.24, 2.45) is 38.7 Å². The number of H-pyrrole nitrogens is 1. The van der Waals surface area contributed by atoms with E-state index in [1.807, 2.05) is 33.8 Å². The first-order valence-electron chi connectivity index (χ1n) is 14.4. The minimum atomic E-state index is -2.03. The lowest BCUT2D eigenvalue weighted by molar-refractivity contribution is -0.192. The SMILES string of the molecule is CC[C@@H](C)C(=O)N=C(N=CN)c1ccc([C@]2(C#N)O[C@H](COC(=O)CC3CCC3)[C@@H](OC(O)[C@H](N)C(C)(C)C)[C@H]2O)[nH]1. The third kappa shape index (κ3) is 7.43. The second kappa shape index (κ2) is 13.9. The zero-order chi connectivity index (χ0) is 31.2. The van der Waals surface area contributed by atoms with E-state index in [0.717, 1.165) is 25.6 Å². The van der Waals surface area contributed by atoms with E-state index in [2.05, 4.69) is 15.0 Å². The van der Waals surface area contributed by atoms with Gasteiger partial charge in [0.1, 0.15) is 31.0 Å². The number of aliphatic hydroxyl groups is 2. The molecule has 0 radical (unpaired) electrons. The first-order chi connectivity index (χ1) is 19.8. The van der Waals surface area contributed by atoms with Crippen molar-refractivity contribution in [2.75, 3.05) is 6.61 Å². The molecule has 1 aliphatic heterocycles. The van der Waals surface area contributed by atoms with E-state index in [9.17, 15) is 25.1 Å². The Morgan fingerprint density at radius 3 is 2.60 bits per heavy atom. The molecule has 1 saturated heterocycles. The molecule has 7 atom stereocenters. The molecule has 13 heteroatoms. The lowest BCUT2D eigenvalue weighted by Crippen LogP contribution is -2.51. The molecule has 1 amide bonds. The second-order valence-corrected chi connectivity index (χ2v) is 12.2. The van der Waals surface area contributed by atoms with Crippen LogP contribution in [0, 0.1) is 28.6 Å². The summed E-state index contributed by atoms with van der Waals surface area (Å²) < 4.78 is 17.4. The van der Waals surface area contributed by atoms with Gasteiger partial charge in [-0.1, -0.05) is 41.0 Å². The normalized spacial score (nSPS) is 27.3. The van der Waals surface area contributed by atoms with Crippen LogP contribution in [0.2, 0.25) is 0 Å². The Morgan fingerprint density at radius 2 is 2.05 bits per heavy atom. The van der Waals surface area contributed by atoms with Crippen LogP contribution in [0.3, 0.4) is 0 Å². The van der Waals surface area contributed by atoms with Crippen molar-refractivity contribution < 1.29 is 34.0 Å². The molecule has 1 unspecified atom stereocenters. The lowest BCUT2D eigenvalue weighted by atomic mass is 9.83. The van der Waals surface area contributed by atoms with Gasteiger partial charge in [-0.3, -0.25) is 9.59 Å². The first-order valence-corrected chi connectivity index (χ1v) is 14.4. The van der Waals surface area contributed by atoms with Crippen LogP contribution < -0.4 is 11.5 Å².